The molecule has 11 heavy (non-hydrogen) atoms. The predicted octanol–water partition coefficient (Wildman–Crippen LogP) is 0.709. The summed E-state index contributed by atoms with van der Waals surface area (Å²) >= 11 is 0. The van der Waals surface area contributed by atoms with Gasteiger partial charge in [0.05, 0.1) is 0 Å². The number of aliphatic hydroxyl groups is 1. The van der Waals surface area contributed by atoms with Crippen LogP contribution in [0.5, 0.6) is 0 Å². The Kier molecular flexibility index (Phi) is 1.90. The molecule has 2 heterocycles. The van der Waals surface area contributed by atoms with Gasteiger partial charge in [0.15, 0.2) is 0 Å². The van der Waals surface area contributed by atoms with Crippen LogP contribution in [0.25, 0.3) is 0 Å². The first-order valence-corrected chi connectivity index (χ1v) is 4.62. The van der Waals surface area contributed by atoms with Gasteiger partial charge in [-0.2, -0.15) is 0 Å². The van der Waals surface area contributed by atoms with E-state index in [1.54, 1.807) is 0 Å². The number of rotatable bonds is 1. The average molecular weight is 155 g/mol. The van der Waals surface area contributed by atoms with E-state index in [0.29, 0.717) is 18.6 Å². The quantitative estimate of drug-likeness (QED) is 0.603. The van der Waals surface area contributed by atoms with Gasteiger partial charge in [-0.1, -0.05) is 0 Å². The van der Waals surface area contributed by atoms with Crippen molar-refractivity contribution in [1.82, 2.24) is 4.90 Å². The van der Waals surface area contributed by atoms with Crippen molar-refractivity contribution >= 4 is 0 Å². The highest BCUT2D eigenvalue weighted by molar-refractivity contribution is 4.91. The first-order chi connectivity index (χ1) is 5.31. The lowest BCUT2D eigenvalue weighted by Crippen LogP contribution is -2.52. The number of aliphatic hydroxyl groups excluding tert-OH is 1. The minimum Gasteiger partial charge on any atom is -0.396 e. The third kappa shape index (κ3) is 1.18. The van der Waals surface area contributed by atoms with Gasteiger partial charge in [-0.05, 0) is 38.1 Å². The molecule has 0 aromatic carbocycles. The van der Waals surface area contributed by atoms with Gasteiger partial charge in [-0.15, -0.1) is 0 Å². The Morgan fingerprint density at radius 2 is 2.27 bits per heavy atom. The van der Waals surface area contributed by atoms with Crippen LogP contribution in [0.15, 0.2) is 0 Å². The monoisotopic (exact) mass is 155 g/mol. The third-order valence-electron chi connectivity index (χ3n) is 3.40. The standard InChI is InChI=1S/C9H17NO/c1-10-5-7-2-3-9(10)8(4-7)6-11/h7-9,11H,2-6H2,1H3/t7-,8-,9-/m0/s1. The summed E-state index contributed by atoms with van der Waals surface area (Å²) in [6, 6.07) is 0.685. The summed E-state index contributed by atoms with van der Waals surface area (Å²) in [5, 5.41) is 9.10. The summed E-state index contributed by atoms with van der Waals surface area (Å²) in [6.07, 6.45) is 3.98. The first-order valence-electron chi connectivity index (χ1n) is 4.62. The fourth-order valence-corrected chi connectivity index (χ4v) is 2.83. The summed E-state index contributed by atoms with van der Waals surface area (Å²) in [5.74, 6) is 1.45. The maximum atomic E-state index is 9.10. The summed E-state index contributed by atoms with van der Waals surface area (Å²) in [4.78, 5) is 2.43. The van der Waals surface area contributed by atoms with E-state index >= 15 is 0 Å². The van der Waals surface area contributed by atoms with Crippen LogP contribution in [0, 0.1) is 11.8 Å². The Hall–Kier alpha value is -0.0800. The van der Waals surface area contributed by atoms with Crippen LogP contribution in [-0.2, 0) is 0 Å². The summed E-state index contributed by atoms with van der Waals surface area (Å²) in [6.45, 7) is 1.66. The van der Waals surface area contributed by atoms with Crippen LogP contribution in [-0.4, -0.2) is 36.2 Å². The van der Waals surface area contributed by atoms with Crippen molar-refractivity contribution in [3.8, 4) is 0 Å². The van der Waals surface area contributed by atoms with Crippen molar-refractivity contribution in [1.29, 1.82) is 0 Å². The molecule has 0 amide bonds. The second-order valence-corrected chi connectivity index (χ2v) is 4.13. The van der Waals surface area contributed by atoms with Crippen molar-refractivity contribution in [2.75, 3.05) is 20.2 Å². The highest BCUT2D eigenvalue weighted by Gasteiger charge is 2.38. The van der Waals surface area contributed by atoms with Crippen molar-refractivity contribution in [2.24, 2.45) is 11.8 Å². The van der Waals surface area contributed by atoms with Crippen molar-refractivity contribution in [3.05, 3.63) is 0 Å². The van der Waals surface area contributed by atoms with Gasteiger partial charge in [0.2, 0.25) is 0 Å². The van der Waals surface area contributed by atoms with Gasteiger partial charge in [-0.3, -0.25) is 0 Å². The number of hydrogen-bond acceptors (Lipinski definition) is 2. The molecule has 2 bridgehead atoms. The molecule has 0 aromatic heterocycles. The molecule has 1 N–H and O–H groups in total. The molecule has 3 aliphatic rings. The number of piperidine rings is 2. The van der Waals surface area contributed by atoms with E-state index in [1.165, 1.54) is 25.8 Å². The molecule has 2 aliphatic heterocycles. The number of fused-ring (bicyclic) bond motifs is 3. The maximum Gasteiger partial charge on any atom is 0.0474 e. The molecule has 3 rings (SSSR count). The summed E-state index contributed by atoms with van der Waals surface area (Å²) < 4.78 is 0. The van der Waals surface area contributed by atoms with Crippen molar-refractivity contribution < 1.29 is 5.11 Å². The SMILES string of the molecule is CN1C[C@H]2CC[C@H]1[C@H](CO)C2. The van der Waals surface area contributed by atoms with Crippen molar-refractivity contribution in [2.45, 2.75) is 25.3 Å². The molecular weight excluding hydrogens is 138 g/mol. The molecule has 1 aliphatic carbocycles. The molecule has 1 saturated carbocycles. The largest absolute Gasteiger partial charge is 0.396 e. The second-order valence-electron chi connectivity index (χ2n) is 4.13. The van der Waals surface area contributed by atoms with Gasteiger partial charge in [-0.25, -0.2) is 0 Å². The van der Waals surface area contributed by atoms with Gasteiger partial charge in [0.25, 0.3) is 0 Å². The highest BCUT2D eigenvalue weighted by atomic mass is 16.3. The topological polar surface area (TPSA) is 23.5 Å². The molecule has 2 heteroatoms. The molecule has 3 atom stereocenters. The molecule has 2 saturated heterocycles. The van der Waals surface area contributed by atoms with E-state index in [9.17, 15) is 0 Å². The van der Waals surface area contributed by atoms with Crippen LogP contribution in [0.3, 0.4) is 0 Å². The lowest BCUT2D eigenvalue weighted by molar-refractivity contribution is -0.00461. The molecule has 0 unspecified atom stereocenters. The number of nitrogens with zero attached hydrogens (tertiary/aromatic N) is 1. The zero-order valence-electron chi connectivity index (χ0n) is 7.16. The lowest BCUT2D eigenvalue weighted by Gasteiger charge is -2.48. The van der Waals surface area contributed by atoms with Crippen LogP contribution in [0.2, 0.25) is 0 Å². The molecule has 0 aromatic rings. The Bertz CT molecular complexity index is 148. The third-order valence-corrected chi connectivity index (χ3v) is 3.40. The maximum absolute atomic E-state index is 9.10. The van der Waals surface area contributed by atoms with E-state index < -0.39 is 0 Å². The normalized spacial score (nSPS) is 44.7. The van der Waals surface area contributed by atoms with Crippen LogP contribution < -0.4 is 0 Å². The van der Waals surface area contributed by atoms with E-state index in [-0.39, 0.29) is 0 Å². The van der Waals surface area contributed by atoms with Gasteiger partial charge in [0.1, 0.15) is 0 Å². The van der Waals surface area contributed by atoms with Crippen LogP contribution in [0.4, 0.5) is 0 Å². The Labute approximate surface area is 68.2 Å². The van der Waals surface area contributed by atoms with Crippen molar-refractivity contribution in [3.63, 3.8) is 0 Å². The zero-order chi connectivity index (χ0) is 7.84. The Morgan fingerprint density at radius 1 is 1.45 bits per heavy atom. The van der Waals surface area contributed by atoms with E-state index in [1.807, 2.05) is 0 Å². The van der Waals surface area contributed by atoms with E-state index in [4.69, 9.17) is 5.11 Å². The van der Waals surface area contributed by atoms with Crippen LogP contribution >= 0.6 is 0 Å². The molecule has 2 nitrogen and oxygen atoms in total. The van der Waals surface area contributed by atoms with E-state index in [0.717, 1.165) is 5.92 Å². The predicted molar refractivity (Wildman–Crippen MR) is 44.3 cm³/mol. The van der Waals surface area contributed by atoms with Crippen LogP contribution in [0.1, 0.15) is 19.3 Å². The highest BCUT2D eigenvalue weighted by Crippen LogP contribution is 2.37. The first kappa shape index (κ1) is 7.56. The minimum atomic E-state index is 0.394. The molecule has 64 valence electrons. The summed E-state index contributed by atoms with van der Waals surface area (Å²) in [7, 11) is 2.19. The molecule has 0 radical (unpaired) electrons. The molecule has 3 fully saturated rings. The smallest absolute Gasteiger partial charge is 0.0474 e. The molecule has 0 spiro atoms. The molecular formula is C9H17NO. The average Bonchev–Trinajstić information content (AvgIpc) is 2.04. The number of hydrogen-bond donors (Lipinski definition) is 1. The van der Waals surface area contributed by atoms with Gasteiger partial charge < -0.3 is 10.0 Å². The zero-order valence-corrected chi connectivity index (χ0v) is 7.16. The van der Waals surface area contributed by atoms with Gasteiger partial charge in [0, 0.05) is 19.2 Å². The van der Waals surface area contributed by atoms with Gasteiger partial charge >= 0.3 is 0 Å². The fraction of sp³-hybridized carbons (Fsp3) is 1.00. The Balaban J connectivity index is 2.07. The summed E-state index contributed by atoms with van der Waals surface area (Å²) in [5.41, 5.74) is 0. The second kappa shape index (κ2) is 2.76. The minimum absolute atomic E-state index is 0.394. The lowest BCUT2D eigenvalue weighted by atomic mass is 9.73. The van der Waals surface area contributed by atoms with E-state index in [2.05, 4.69) is 11.9 Å². The fourth-order valence-electron chi connectivity index (χ4n) is 2.83. The Morgan fingerprint density at radius 3 is 2.73 bits per heavy atom.